The summed E-state index contributed by atoms with van der Waals surface area (Å²) in [5.74, 6) is -2.39. The molecule has 1 heterocycles. The van der Waals surface area contributed by atoms with E-state index in [1.54, 1.807) is 24.3 Å². The molecule has 1 fully saturated rings. The Kier molecular flexibility index (Phi) is 5.96. The molecule has 5 atom stereocenters. The van der Waals surface area contributed by atoms with Crippen LogP contribution in [-0.2, 0) is 16.9 Å². The van der Waals surface area contributed by atoms with Crippen LogP contribution in [0.5, 0.6) is 0 Å². The van der Waals surface area contributed by atoms with Crippen LogP contribution < -0.4 is 0 Å². The van der Waals surface area contributed by atoms with E-state index in [4.69, 9.17) is 10.00 Å². The lowest BCUT2D eigenvalue weighted by Crippen LogP contribution is -2.63. The minimum atomic E-state index is -2.39. The van der Waals surface area contributed by atoms with Gasteiger partial charge in [0.05, 0.1) is 29.9 Å². The van der Waals surface area contributed by atoms with E-state index in [0.717, 1.165) is 5.56 Å². The van der Waals surface area contributed by atoms with E-state index in [1.165, 1.54) is 18.2 Å². The maximum Gasteiger partial charge on any atom is 0.222 e. The van der Waals surface area contributed by atoms with Crippen molar-refractivity contribution in [3.8, 4) is 12.1 Å². The number of aliphatic hydroxyl groups is 5. The Hall–Kier alpha value is -2.82. The Labute approximate surface area is 167 Å². The van der Waals surface area contributed by atoms with E-state index in [2.05, 4.69) is 6.07 Å². The number of hydrogen-bond acceptors (Lipinski definition) is 8. The van der Waals surface area contributed by atoms with Gasteiger partial charge in [-0.05, 0) is 41.8 Å². The summed E-state index contributed by atoms with van der Waals surface area (Å²) in [6.45, 7) is -0.679. The fourth-order valence-electron chi connectivity index (χ4n) is 3.38. The van der Waals surface area contributed by atoms with Gasteiger partial charge in [-0.2, -0.15) is 10.5 Å². The topological polar surface area (TPSA) is 158 Å². The molecule has 0 aromatic heterocycles. The molecule has 8 heteroatoms. The van der Waals surface area contributed by atoms with Crippen molar-refractivity contribution in [2.24, 2.45) is 0 Å². The van der Waals surface area contributed by atoms with Gasteiger partial charge in [0.25, 0.3) is 0 Å². The van der Waals surface area contributed by atoms with Crippen LogP contribution in [0, 0.1) is 22.7 Å². The first kappa shape index (κ1) is 20.9. The molecule has 29 heavy (non-hydrogen) atoms. The second-order valence-corrected chi connectivity index (χ2v) is 6.93. The number of rotatable bonds is 4. The van der Waals surface area contributed by atoms with Crippen LogP contribution in [-0.4, -0.2) is 56.6 Å². The van der Waals surface area contributed by atoms with Gasteiger partial charge in [-0.15, -0.1) is 0 Å². The number of nitrogens with zero attached hydrogens (tertiary/aromatic N) is 2. The maximum atomic E-state index is 10.9. The first-order valence-electron chi connectivity index (χ1n) is 8.91. The third kappa shape index (κ3) is 3.86. The molecule has 3 rings (SSSR count). The second kappa shape index (κ2) is 8.27. The van der Waals surface area contributed by atoms with Crippen molar-refractivity contribution in [2.75, 3.05) is 6.61 Å². The number of ether oxygens (including phenoxy) is 1. The van der Waals surface area contributed by atoms with Crippen LogP contribution in [0.4, 0.5) is 0 Å². The van der Waals surface area contributed by atoms with Crippen molar-refractivity contribution in [1.29, 1.82) is 10.5 Å². The Bertz CT molecular complexity index is 963. The number of hydrogen-bond donors (Lipinski definition) is 5. The third-order valence-corrected chi connectivity index (χ3v) is 5.08. The lowest BCUT2D eigenvalue weighted by Gasteiger charge is -2.45. The summed E-state index contributed by atoms with van der Waals surface area (Å²) in [5, 5.41) is 68.9. The normalized spacial score (nSPS) is 29.1. The Morgan fingerprint density at radius 1 is 0.966 bits per heavy atom. The predicted octanol–water partition coefficient (Wildman–Crippen LogP) is -0.360. The Morgan fingerprint density at radius 2 is 1.66 bits per heavy atom. The quantitative estimate of drug-likeness (QED) is 0.469. The molecule has 5 N–H and O–H groups in total. The molecule has 0 unspecified atom stereocenters. The van der Waals surface area contributed by atoms with Crippen molar-refractivity contribution in [1.82, 2.24) is 0 Å². The summed E-state index contributed by atoms with van der Waals surface area (Å²) < 4.78 is 5.34. The zero-order valence-corrected chi connectivity index (χ0v) is 15.3. The van der Waals surface area contributed by atoms with Crippen molar-refractivity contribution in [3.63, 3.8) is 0 Å². The van der Waals surface area contributed by atoms with E-state index >= 15 is 0 Å². The van der Waals surface area contributed by atoms with Crippen LogP contribution in [0.2, 0.25) is 0 Å². The van der Waals surface area contributed by atoms with Crippen LogP contribution in [0.25, 0.3) is 0 Å². The molecule has 0 aliphatic carbocycles. The molecule has 150 valence electrons. The van der Waals surface area contributed by atoms with Crippen LogP contribution in [0.15, 0.2) is 42.5 Å². The molecule has 0 bridgehead atoms. The van der Waals surface area contributed by atoms with Gasteiger partial charge < -0.3 is 30.3 Å². The highest BCUT2D eigenvalue weighted by Gasteiger charge is 2.53. The Morgan fingerprint density at radius 3 is 2.24 bits per heavy atom. The standard InChI is InChI=1S/C21H20N2O6/c22-9-13-3-1-12(2-4-13)7-15-8-16(6-5-14(15)10-23)21(28)20(27)19(26)18(25)17(11-24)29-21/h1-6,8,17-20,24-28H,7,11H2/t17-,18-,19+,20-,21-/m1/s1. The molecule has 8 nitrogen and oxygen atoms in total. The first-order chi connectivity index (χ1) is 13.8. The molecular formula is C21H20N2O6. The summed E-state index contributed by atoms with van der Waals surface area (Å²) in [7, 11) is 0. The van der Waals surface area contributed by atoms with Gasteiger partial charge in [-0.25, -0.2) is 0 Å². The second-order valence-electron chi connectivity index (χ2n) is 6.93. The first-order valence-corrected chi connectivity index (χ1v) is 8.91. The average Bonchev–Trinajstić information content (AvgIpc) is 2.75. The highest BCUT2D eigenvalue weighted by molar-refractivity contribution is 5.45. The van der Waals surface area contributed by atoms with Gasteiger partial charge in [0.15, 0.2) is 0 Å². The van der Waals surface area contributed by atoms with Crippen molar-refractivity contribution >= 4 is 0 Å². The molecule has 1 aliphatic rings. The number of nitriles is 2. The van der Waals surface area contributed by atoms with Gasteiger partial charge >= 0.3 is 0 Å². The van der Waals surface area contributed by atoms with Crippen LogP contribution in [0.1, 0.15) is 27.8 Å². The zero-order chi connectivity index (χ0) is 21.2. The largest absolute Gasteiger partial charge is 0.394 e. The van der Waals surface area contributed by atoms with Gasteiger partial charge in [0.2, 0.25) is 5.79 Å². The molecule has 0 saturated carbocycles. The molecule has 0 amide bonds. The SMILES string of the molecule is N#Cc1ccc(Cc2cc([C@@]3(O)O[C@H](CO)[C@@H](O)[C@H](O)[C@H]3O)ccc2C#N)cc1. The van der Waals surface area contributed by atoms with E-state index in [9.17, 15) is 30.8 Å². The van der Waals surface area contributed by atoms with E-state index in [0.29, 0.717) is 23.1 Å². The minimum absolute atomic E-state index is 0.0667. The summed E-state index contributed by atoms with van der Waals surface area (Å²) in [5.41, 5.74) is 2.25. The molecule has 2 aromatic rings. The lowest BCUT2D eigenvalue weighted by atomic mass is 9.86. The van der Waals surface area contributed by atoms with Gasteiger partial charge in [-0.3, -0.25) is 0 Å². The van der Waals surface area contributed by atoms with Crippen molar-refractivity contribution in [3.05, 3.63) is 70.3 Å². The molecule has 1 aliphatic heterocycles. The zero-order valence-electron chi connectivity index (χ0n) is 15.3. The van der Waals surface area contributed by atoms with E-state index in [1.807, 2.05) is 6.07 Å². The fourth-order valence-corrected chi connectivity index (χ4v) is 3.38. The highest BCUT2D eigenvalue weighted by Crippen LogP contribution is 2.37. The molecular weight excluding hydrogens is 376 g/mol. The van der Waals surface area contributed by atoms with Gasteiger partial charge in [-0.1, -0.05) is 18.2 Å². The minimum Gasteiger partial charge on any atom is -0.394 e. The van der Waals surface area contributed by atoms with E-state index in [-0.39, 0.29) is 5.56 Å². The average molecular weight is 396 g/mol. The van der Waals surface area contributed by atoms with Gasteiger partial charge in [0.1, 0.15) is 24.4 Å². The summed E-state index contributed by atoms with van der Waals surface area (Å²) in [6, 6.07) is 15.2. The summed E-state index contributed by atoms with van der Waals surface area (Å²) >= 11 is 0. The van der Waals surface area contributed by atoms with E-state index < -0.39 is 36.8 Å². The van der Waals surface area contributed by atoms with Crippen LogP contribution >= 0.6 is 0 Å². The van der Waals surface area contributed by atoms with Crippen molar-refractivity contribution < 1.29 is 30.3 Å². The summed E-state index contributed by atoms with van der Waals surface area (Å²) in [6.07, 6.45) is -6.20. The van der Waals surface area contributed by atoms with Crippen molar-refractivity contribution in [2.45, 2.75) is 36.6 Å². The monoisotopic (exact) mass is 396 g/mol. The summed E-state index contributed by atoms with van der Waals surface area (Å²) in [4.78, 5) is 0. The predicted molar refractivity (Wildman–Crippen MR) is 99.0 cm³/mol. The van der Waals surface area contributed by atoms with Crippen LogP contribution in [0.3, 0.4) is 0 Å². The third-order valence-electron chi connectivity index (χ3n) is 5.08. The fraction of sp³-hybridized carbons (Fsp3) is 0.333. The highest BCUT2D eigenvalue weighted by atomic mass is 16.7. The number of benzene rings is 2. The smallest absolute Gasteiger partial charge is 0.222 e. The maximum absolute atomic E-state index is 10.9. The molecule has 0 spiro atoms. The number of aliphatic hydroxyl groups excluding tert-OH is 4. The van der Waals surface area contributed by atoms with Gasteiger partial charge in [0, 0.05) is 5.56 Å². The molecule has 0 radical (unpaired) electrons. The molecule has 1 saturated heterocycles. The Balaban J connectivity index is 1.99. The molecule has 2 aromatic carbocycles. The lowest BCUT2D eigenvalue weighted by molar-refractivity contribution is -0.357.